The standard InChI is InChI=1S/C28H35N7O9/c1-18(36)29-19-9-10-34(16-19)23(37)17-44-24-15-22(31-35(24)20-5-3-2-4-6-20)26(40)30-21(7-8-25(38)39)27(41)32-11-13-33(14-12-32)28(42)43/h2-6,15,19,21H,7-14,16-17H2,1H3,(H,29,36)(H,30,40)(H,38,39)(H,42,43). The zero-order valence-electron chi connectivity index (χ0n) is 24.2. The molecule has 0 bridgehead atoms. The lowest BCUT2D eigenvalue weighted by atomic mass is 10.1. The second-order valence-electron chi connectivity index (χ2n) is 10.5. The molecule has 236 valence electrons. The zero-order valence-corrected chi connectivity index (χ0v) is 24.2. The van der Waals surface area contributed by atoms with Crippen LogP contribution < -0.4 is 15.4 Å². The third-order valence-electron chi connectivity index (χ3n) is 7.31. The van der Waals surface area contributed by atoms with Gasteiger partial charge in [0.25, 0.3) is 11.8 Å². The quantitative estimate of drug-likeness (QED) is 0.262. The van der Waals surface area contributed by atoms with Gasteiger partial charge in [-0.2, -0.15) is 5.10 Å². The van der Waals surface area contributed by atoms with Crippen molar-refractivity contribution in [1.29, 1.82) is 0 Å². The highest BCUT2D eigenvalue weighted by atomic mass is 16.5. The predicted octanol–water partition coefficient (Wildman–Crippen LogP) is -0.226. The fraction of sp³-hybridized carbons (Fsp3) is 0.464. The molecule has 1 aromatic heterocycles. The summed E-state index contributed by atoms with van der Waals surface area (Å²) >= 11 is 0. The first-order valence-corrected chi connectivity index (χ1v) is 14.1. The van der Waals surface area contributed by atoms with Crippen LogP contribution in [0.2, 0.25) is 0 Å². The predicted molar refractivity (Wildman–Crippen MR) is 152 cm³/mol. The molecule has 2 aliphatic rings. The number of nitrogens with one attached hydrogen (secondary N) is 2. The first kappa shape index (κ1) is 31.8. The van der Waals surface area contributed by atoms with E-state index in [2.05, 4.69) is 15.7 Å². The van der Waals surface area contributed by atoms with Crippen LogP contribution in [0, 0.1) is 0 Å². The Morgan fingerprint density at radius 2 is 1.66 bits per heavy atom. The number of carboxylic acid groups (broad SMARTS) is 2. The number of nitrogens with zero attached hydrogens (tertiary/aromatic N) is 5. The van der Waals surface area contributed by atoms with Crippen molar-refractivity contribution in [1.82, 2.24) is 35.1 Å². The molecule has 16 heteroatoms. The maximum atomic E-state index is 13.3. The smallest absolute Gasteiger partial charge is 0.407 e. The maximum Gasteiger partial charge on any atom is 0.407 e. The topological polar surface area (TPSA) is 204 Å². The van der Waals surface area contributed by atoms with Gasteiger partial charge in [0.05, 0.1) is 5.69 Å². The molecule has 0 spiro atoms. The Kier molecular flexibility index (Phi) is 10.4. The number of aromatic nitrogens is 2. The lowest BCUT2D eigenvalue weighted by molar-refractivity contribution is -0.138. The summed E-state index contributed by atoms with van der Waals surface area (Å²) in [7, 11) is 0. The number of para-hydroxylation sites is 1. The van der Waals surface area contributed by atoms with Crippen LogP contribution in [-0.2, 0) is 19.2 Å². The maximum absolute atomic E-state index is 13.3. The van der Waals surface area contributed by atoms with Crippen molar-refractivity contribution in [3.8, 4) is 11.6 Å². The molecule has 4 rings (SSSR count). The van der Waals surface area contributed by atoms with E-state index in [0.717, 1.165) is 0 Å². The van der Waals surface area contributed by atoms with Crippen molar-refractivity contribution in [2.75, 3.05) is 45.9 Å². The molecule has 2 aromatic rings. The second-order valence-corrected chi connectivity index (χ2v) is 10.5. The van der Waals surface area contributed by atoms with Crippen molar-refractivity contribution in [3.63, 3.8) is 0 Å². The van der Waals surface area contributed by atoms with Crippen LogP contribution in [0.1, 0.15) is 36.7 Å². The van der Waals surface area contributed by atoms with Gasteiger partial charge in [0, 0.05) is 64.7 Å². The van der Waals surface area contributed by atoms with E-state index < -0.39 is 29.9 Å². The van der Waals surface area contributed by atoms with Crippen molar-refractivity contribution in [3.05, 3.63) is 42.1 Å². The van der Waals surface area contributed by atoms with Gasteiger partial charge < -0.3 is 40.3 Å². The number of amides is 5. The van der Waals surface area contributed by atoms with Crippen molar-refractivity contribution < 1.29 is 43.7 Å². The molecule has 16 nitrogen and oxygen atoms in total. The Labute approximate surface area is 252 Å². The summed E-state index contributed by atoms with van der Waals surface area (Å²) in [6.07, 6.45) is -1.06. The average molecular weight is 614 g/mol. The summed E-state index contributed by atoms with van der Waals surface area (Å²) in [6.45, 7) is 2.25. The van der Waals surface area contributed by atoms with Gasteiger partial charge in [0.1, 0.15) is 6.04 Å². The summed E-state index contributed by atoms with van der Waals surface area (Å²) in [5.74, 6) is -2.84. The van der Waals surface area contributed by atoms with Gasteiger partial charge in [-0.15, -0.1) is 0 Å². The minimum Gasteiger partial charge on any atom is -0.481 e. The normalized spacial score (nSPS) is 17.1. The number of likely N-dealkylation sites (tertiary alicyclic amines) is 1. The van der Waals surface area contributed by atoms with E-state index in [-0.39, 0.29) is 75.1 Å². The molecule has 0 saturated carbocycles. The second kappa shape index (κ2) is 14.3. The van der Waals surface area contributed by atoms with E-state index in [9.17, 15) is 39.0 Å². The molecular weight excluding hydrogens is 578 g/mol. The lowest BCUT2D eigenvalue weighted by Gasteiger charge is -2.35. The zero-order chi connectivity index (χ0) is 31.8. The minimum absolute atomic E-state index is 0.0884. The van der Waals surface area contributed by atoms with E-state index in [1.54, 1.807) is 35.2 Å². The molecule has 44 heavy (non-hydrogen) atoms. The fourth-order valence-electron chi connectivity index (χ4n) is 5.05. The van der Waals surface area contributed by atoms with Crippen LogP contribution in [-0.4, -0.2) is 128 Å². The molecule has 4 N–H and O–H groups in total. The first-order valence-electron chi connectivity index (χ1n) is 14.1. The van der Waals surface area contributed by atoms with Gasteiger partial charge in [-0.1, -0.05) is 18.2 Å². The number of aliphatic carboxylic acids is 1. The molecule has 2 fully saturated rings. The van der Waals surface area contributed by atoms with Crippen LogP contribution in [0.25, 0.3) is 5.69 Å². The molecule has 3 heterocycles. The molecule has 1 aromatic carbocycles. The Bertz CT molecular complexity index is 1390. The highest BCUT2D eigenvalue weighted by Crippen LogP contribution is 2.21. The lowest BCUT2D eigenvalue weighted by Crippen LogP contribution is -2.55. The van der Waals surface area contributed by atoms with Gasteiger partial charge in [-0.05, 0) is 25.0 Å². The van der Waals surface area contributed by atoms with Gasteiger partial charge in [-0.25, -0.2) is 9.48 Å². The van der Waals surface area contributed by atoms with Gasteiger partial charge in [-0.3, -0.25) is 24.0 Å². The van der Waals surface area contributed by atoms with E-state index in [0.29, 0.717) is 25.2 Å². The number of hydrogen-bond acceptors (Lipinski definition) is 8. The monoisotopic (exact) mass is 613 g/mol. The third kappa shape index (κ3) is 8.23. The molecule has 2 aliphatic heterocycles. The molecular formula is C28H35N7O9. The SMILES string of the molecule is CC(=O)NC1CCN(C(=O)COc2cc(C(=O)NC(CCC(=O)O)C(=O)N3CCN(C(=O)O)CC3)nn2-c2ccccc2)C1. The van der Waals surface area contributed by atoms with Crippen molar-refractivity contribution in [2.24, 2.45) is 0 Å². The minimum atomic E-state index is -1.20. The number of benzene rings is 1. The van der Waals surface area contributed by atoms with E-state index in [1.807, 2.05) is 0 Å². The van der Waals surface area contributed by atoms with Crippen LogP contribution in [0.15, 0.2) is 36.4 Å². The first-order chi connectivity index (χ1) is 21.0. The highest BCUT2D eigenvalue weighted by molar-refractivity contribution is 5.96. The Balaban J connectivity index is 1.48. The summed E-state index contributed by atoms with van der Waals surface area (Å²) < 4.78 is 7.14. The molecule has 0 radical (unpaired) electrons. The number of piperazine rings is 1. The number of carboxylic acids is 1. The highest BCUT2D eigenvalue weighted by Gasteiger charge is 2.32. The van der Waals surface area contributed by atoms with E-state index in [4.69, 9.17) is 4.74 Å². The summed E-state index contributed by atoms with van der Waals surface area (Å²) in [4.78, 5) is 77.4. The third-order valence-corrected chi connectivity index (χ3v) is 7.31. The summed E-state index contributed by atoms with van der Waals surface area (Å²) in [6, 6.07) is 8.72. The number of carbonyl (C=O) groups is 6. The largest absolute Gasteiger partial charge is 0.481 e. The Hall–Kier alpha value is -5.15. The Morgan fingerprint density at radius 1 is 0.977 bits per heavy atom. The average Bonchev–Trinajstić information content (AvgIpc) is 3.65. The van der Waals surface area contributed by atoms with Gasteiger partial charge >= 0.3 is 12.1 Å². The van der Waals surface area contributed by atoms with Crippen LogP contribution in [0.5, 0.6) is 5.88 Å². The molecule has 2 unspecified atom stereocenters. The summed E-state index contributed by atoms with van der Waals surface area (Å²) in [5, 5.41) is 28.1. The number of ether oxygens (including phenoxy) is 1. The van der Waals surface area contributed by atoms with Gasteiger partial charge in [0.15, 0.2) is 12.3 Å². The van der Waals surface area contributed by atoms with Gasteiger partial charge in [0.2, 0.25) is 17.7 Å². The van der Waals surface area contributed by atoms with E-state index in [1.165, 1.54) is 27.5 Å². The molecule has 5 amide bonds. The molecule has 2 atom stereocenters. The van der Waals surface area contributed by atoms with Crippen molar-refractivity contribution >= 4 is 35.7 Å². The van der Waals surface area contributed by atoms with Crippen LogP contribution in [0.3, 0.4) is 0 Å². The molecule has 2 saturated heterocycles. The number of carbonyl (C=O) groups excluding carboxylic acids is 4. The fourth-order valence-corrected chi connectivity index (χ4v) is 5.05. The van der Waals surface area contributed by atoms with E-state index >= 15 is 0 Å². The Morgan fingerprint density at radius 3 is 2.30 bits per heavy atom. The van der Waals surface area contributed by atoms with Crippen LogP contribution >= 0.6 is 0 Å². The number of rotatable bonds is 11. The molecule has 0 aliphatic carbocycles. The number of hydrogen-bond donors (Lipinski definition) is 4. The summed E-state index contributed by atoms with van der Waals surface area (Å²) in [5.41, 5.74) is 0.405. The van der Waals surface area contributed by atoms with Crippen LogP contribution in [0.4, 0.5) is 4.79 Å². The van der Waals surface area contributed by atoms with Crippen molar-refractivity contribution in [2.45, 2.75) is 38.3 Å².